The molecule has 0 saturated heterocycles. The van der Waals surface area contributed by atoms with Crippen molar-refractivity contribution in [2.45, 2.75) is 5.41 Å². The van der Waals surface area contributed by atoms with Gasteiger partial charge < -0.3 is 9.47 Å². The highest BCUT2D eigenvalue weighted by Crippen LogP contribution is 2.57. The Kier molecular flexibility index (Phi) is 8.09. The Bertz CT molecular complexity index is 2450. The van der Waals surface area contributed by atoms with Gasteiger partial charge in [-0.2, -0.15) is 0 Å². The van der Waals surface area contributed by atoms with E-state index < -0.39 is 5.41 Å². The number of ether oxygens (including phenoxy) is 2. The number of rotatable bonds is 8. The summed E-state index contributed by atoms with van der Waals surface area (Å²) in [5, 5.41) is 0. The van der Waals surface area contributed by atoms with Crippen molar-refractivity contribution in [2.75, 3.05) is 14.2 Å². The van der Waals surface area contributed by atoms with Crippen LogP contribution in [0.2, 0.25) is 0 Å². The van der Waals surface area contributed by atoms with Crippen LogP contribution in [0, 0.1) is 0 Å². The van der Waals surface area contributed by atoms with E-state index in [0.717, 1.165) is 39.3 Å². The number of aromatic nitrogens is 3. The zero-order valence-electron chi connectivity index (χ0n) is 29.4. The summed E-state index contributed by atoms with van der Waals surface area (Å²) < 4.78 is 11.1. The Hall–Kier alpha value is -6.85. The minimum atomic E-state index is -0.529. The van der Waals surface area contributed by atoms with Gasteiger partial charge in [0.2, 0.25) is 0 Å². The molecule has 8 aromatic rings. The summed E-state index contributed by atoms with van der Waals surface area (Å²) >= 11 is 0. The lowest BCUT2D eigenvalue weighted by atomic mass is 9.67. The standard InChI is InChI=1S/C48H35N3O2/c1-52-39-26-22-37(23-27-39)48(38-24-28-40(53-2)29-25-38)43-16-10-9-15-41(43)42-31-36(21-30-44(42)48)32-17-19-35(20-18-32)47-50-45(33-11-5-3-6-12-33)49-46(51-47)34-13-7-4-8-14-34/h3-31H,1-2H3. The fourth-order valence-electron chi connectivity index (χ4n) is 7.68. The highest BCUT2D eigenvalue weighted by Gasteiger charge is 2.46. The van der Waals surface area contributed by atoms with Crippen molar-refractivity contribution in [1.82, 2.24) is 15.0 Å². The molecule has 1 aliphatic carbocycles. The molecule has 5 heteroatoms. The molecule has 0 aliphatic heterocycles. The van der Waals surface area contributed by atoms with Gasteiger partial charge in [-0.15, -0.1) is 0 Å². The number of nitrogens with zero attached hydrogens (tertiary/aromatic N) is 3. The average molecular weight is 686 g/mol. The summed E-state index contributed by atoms with van der Waals surface area (Å²) in [6.45, 7) is 0. The van der Waals surface area contributed by atoms with E-state index in [9.17, 15) is 0 Å². The maximum atomic E-state index is 5.57. The highest BCUT2D eigenvalue weighted by atomic mass is 16.5. The van der Waals surface area contributed by atoms with Crippen LogP contribution in [0.4, 0.5) is 0 Å². The van der Waals surface area contributed by atoms with E-state index in [4.69, 9.17) is 24.4 Å². The van der Waals surface area contributed by atoms with Gasteiger partial charge in [0.1, 0.15) is 11.5 Å². The molecule has 0 saturated carbocycles. The van der Waals surface area contributed by atoms with Crippen molar-refractivity contribution in [1.29, 1.82) is 0 Å². The normalized spacial score (nSPS) is 12.5. The Labute approximate surface area is 309 Å². The number of fused-ring (bicyclic) bond motifs is 3. The van der Waals surface area contributed by atoms with Gasteiger partial charge in [-0.3, -0.25) is 0 Å². The van der Waals surface area contributed by atoms with Crippen LogP contribution < -0.4 is 9.47 Å². The lowest BCUT2D eigenvalue weighted by molar-refractivity contribution is 0.414. The third kappa shape index (κ3) is 5.54. The van der Waals surface area contributed by atoms with E-state index in [1.807, 2.05) is 60.7 Å². The first-order valence-corrected chi connectivity index (χ1v) is 17.7. The van der Waals surface area contributed by atoms with Gasteiger partial charge in [0.25, 0.3) is 0 Å². The van der Waals surface area contributed by atoms with Crippen LogP contribution in [0.15, 0.2) is 176 Å². The van der Waals surface area contributed by atoms with Gasteiger partial charge >= 0.3 is 0 Å². The maximum absolute atomic E-state index is 5.57. The van der Waals surface area contributed by atoms with Gasteiger partial charge in [-0.05, 0) is 74.8 Å². The predicted molar refractivity (Wildman–Crippen MR) is 212 cm³/mol. The fraction of sp³-hybridized carbons (Fsp3) is 0.0625. The maximum Gasteiger partial charge on any atom is 0.164 e. The van der Waals surface area contributed by atoms with Crippen LogP contribution in [-0.2, 0) is 5.41 Å². The van der Waals surface area contributed by atoms with E-state index in [0.29, 0.717) is 17.5 Å². The van der Waals surface area contributed by atoms with Crippen molar-refractivity contribution >= 4 is 0 Å². The molecule has 0 unspecified atom stereocenters. The number of benzene rings is 7. The molecular formula is C48H35N3O2. The molecule has 9 rings (SSSR count). The van der Waals surface area contributed by atoms with Crippen LogP contribution in [0.1, 0.15) is 22.3 Å². The van der Waals surface area contributed by atoms with Gasteiger partial charge in [0.15, 0.2) is 17.5 Å². The third-order valence-electron chi connectivity index (χ3n) is 10.3. The quantitative estimate of drug-likeness (QED) is 0.159. The smallest absolute Gasteiger partial charge is 0.164 e. The van der Waals surface area contributed by atoms with Crippen LogP contribution in [0.25, 0.3) is 56.4 Å². The Morgan fingerprint density at radius 3 is 1.28 bits per heavy atom. The summed E-state index contributed by atoms with van der Waals surface area (Å²) in [7, 11) is 3.41. The molecule has 0 N–H and O–H groups in total. The van der Waals surface area contributed by atoms with Crippen molar-refractivity contribution < 1.29 is 9.47 Å². The van der Waals surface area contributed by atoms with Crippen molar-refractivity contribution in [3.8, 4) is 67.9 Å². The number of methoxy groups -OCH3 is 2. The van der Waals surface area contributed by atoms with Crippen LogP contribution in [0.5, 0.6) is 11.5 Å². The molecule has 0 atom stereocenters. The minimum absolute atomic E-state index is 0.529. The largest absolute Gasteiger partial charge is 0.497 e. The van der Waals surface area contributed by atoms with Gasteiger partial charge in [-0.1, -0.05) is 146 Å². The van der Waals surface area contributed by atoms with Crippen LogP contribution in [0.3, 0.4) is 0 Å². The first kappa shape index (κ1) is 32.1. The molecule has 0 fully saturated rings. The lowest BCUT2D eigenvalue weighted by Gasteiger charge is -2.34. The Balaban J connectivity index is 1.15. The molecule has 1 aromatic heterocycles. The molecule has 1 aliphatic rings. The van der Waals surface area contributed by atoms with Gasteiger partial charge in [-0.25, -0.2) is 15.0 Å². The first-order chi connectivity index (χ1) is 26.1. The van der Waals surface area contributed by atoms with Crippen LogP contribution >= 0.6 is 0 Å². The monoisotopic (exact) mass is 685 g/mol. The second kappa shape index (κ2) is 13.4. The average Bonchev–Trinajstić information content (AvgIpc) is 3.54. The molecule has 0 amide bonds. The zero-order valence-corrected chi connectivity index (χ0v) is 29.4. The second-order valence-corrected chi connectivity index (χ2v) is 13.1. The first-order valence-electron chi connectivity index (χ1n) is 17.7. The minimum Gasteiger partial charge on any atom is -0.497 e. The Morgan fingerprint density at radius 1 is 0.358 bits per heavy atom. The van der Waals surface area contributed by atoms with Crippen molar-refractivity contribution in [3.05, 3.63) is 198 Å². The summed E-state index contributed by atoms with van der Waals surface area (Å²) in [5.74, 6) is 3.58. The fourth-order valence-corrected chi connectivity index (χ4v) is 7.68. The molecule has 7 aromatic carbocycles. The van der Waals surface area contributed by atoms with Crippen molar-refractivity contribution in [2.24, 2.45) is 0 Å². The van der Waals surface area contributed by atoms with Crippen molar-refractivity contribution in [3.63, 3.8) is 0 Å². The third-order valence-corrected chi connectivity index (χ3v) is 10.3. The molecule has 5 nitrogen and oxygen atoms in total. The van der Waals surface area contributed by atoms with E-state index >= 15 is 0 Å². The summed E-state index contributed by atoms with van der Waals surface area (Å²) in [4.78, 5) is 14.7. The molecule has 254 valence electrons. The molecule has 1 heterocycles. The number of hydrogen-bond acceptors (Lipinski definition) is 5. The predicted octanol–water partition coefficient (Wildman–Crippen LogP) is 10.9. The van der Waals surface area contributed by atoms with E-state index in [-0.39, 0.29) is 0 Å². The van der Waals surface area contributed by atoms with Gasteiger partial charge in [0, 0.05) is 16.7 Å². The highest BCUT2D eigenvalue weighted by molar-refractivity contribution is 5.89. The summed E-state index contributed by atoms with van der Waals surface area (Å²) in [6.07, 6.45) is 0. The molecule has 0 bridgehead atoms. The summed E-state index contributed by atoms with van der Waals surface area (Å²) in [6, 6.07) is 61.3. The van der Waals surface area contributed by atoms with E-state index in [2.05, 4.69) is 115 Å². The summed E-state index contributed by atoms with van der Waals surface area (Å²) in [5.41, 5.74) is 11.8. The zero-order chi connectivity index (χ0) is 35.8. The molecular weight excluding hydrogens is 651 g/mol. The molecule has 53 heavy (non-hydrogen) atoms. The SMILES string of the molecule is COc1ccc(C2(c3ccc(OC)cc3)c3ccccc3-c3cc(-c4ccc(-c5nc(-c6ccccc6)nc(-c6ccccc6)n5)cc4)ccc32)cc1. The number of hydrogen-bond donors (Lipinski definition) is 0. The van der Waals surface area contributed by atoms with E-state index in [1.165, 1.54) is 33.4 Å². The Morgan fingerprint density at radius 2 is 0.774 bits per heavy atom. The van der Waals surface area contributed by atoms with Crippen LogP contribution in [-0.4, -0.2) is 29.2 Å². The van der Waals surface area contributed by atoms with Gasteiger partial charge in [0.05, 0.1) is 19.6 Å². The second-order valence-electron chi connectivity index (χ2n) is 13.1. The molecule has 0 spiro atoms. The molecule has 0 radical (unpaired) electrons. The lowest BCUT2D eigenvalue weighted by Crippen LogP contribution is -2.28. The topological polar surface area (TPSA) is 57.1 Å². The van der Waals surface area contributed by atoms with E-state index in [1.54, 1.807) is 14.2 Å².